The van der Waals surface area contributed by atoms with E-state index in [1.54, 1.807) is 19.4 Å². The van der Waals surface area contributed by atoms with Gasteiger partial charge in [0.15, 0.2) is 0 Å². The molecule has 8 nitrogen and oxygen atoms in total. The van der Waals surface area contributed by atoms with E-state index < -0.39 is 0 Å². The Labute approximate surface area is 208 Å². The molecule has 5 rings (SSSR count). The molecule has 2 amide bonds. The molecule has 0 saturated carbocycles. The van der Waals surface area contributed by atoms with E-state index in [9.17, 15) is 4.79 Å². The summed E-state index contributed by atoms with van der Waals surface area (Å²) < 4.78 is 6.30. The first kappa shape index (κ1) is 22.8. The van der Waals surface area contributed by atoms with Crippen molar-refractivity contribution in [3.63, 3.8) is 0 Å². The van der Waals surface area contributed by atoms with E-state index in [-0.39, 0.29) is 6.03 Å². The molecule has 0 radical (unpaired) electrons. The third kappa shape index (κ3) is 5.07. The zero-order valence-corrected chi connectivity index (χ0v) is 19.6. The second kappa shape index (κ2) is 10.5. The molecule has 0 fully saturated rings. The topological polar surface area (TPSA) is 101 Å². The van der Waals surface area contributed by atoms with Gasteiger partial charge in [0.05, 0.1) is 16.9 Å². The van der Waals surface area contributed by atoms with Crippen molar-refractivity contribution in [3.05, 3.63) is 103 Å². The minimum atomic E-state index is -0.284. The summed E-state index contributed by atoms with van der Waals surface area (Å²) >= 11 is 0. The Morgan fingerprint density at radius 2 is 1.64 bits per heavy atom. The number of nitrogens with one attached hydrogen (secondary N) is 3. The van der Waals surface area contributed by atoms with Gasteiger partial charge < -0.3 is 20.7 Å². The Balaban J connectivity index is 1.41. The Morgan fingerprint density at radius 3 is 2.47 bits per heavy atom. The molecular formula is C28H24N6O2. The van der Waals surface area contributed by atoms with Crippen LogP contribution < -0.4 is 20.7 Å². The first-order valence-electron chi connectivity index (χ1n) is 11.5. The fourth-order valence-corrected chi connectivity index (χ4v) is 3.81. The summed E-state index contributed by atoms with van der Waals surface area (Å²) in [5.74, 6) is 1.54. The average molecular weight is 477 g/mol. The monoisotopic (exact) mass is 476 g/mol. The van der Waals surface area contributed by atoms with E-state index in [4.69, 9.17) is 4.74 Å². The molecule has 0 aliphatic rings. The molecule has 2 aromatic heterocycles. The smallest absolute Gasteiger partial charge is 0.319 e. The average Bonchev–Trinajstić information content (AvgIpc) is 2.94. The van der Waals surface area contributed by atoms with E-state index in [1.165, 1.54) is 0 Å². The highest BCUT2D eigenvalue weighted by molar-refractivity contribution is 6.04. The molecule has 3 N–H and O–H groups in total. The molecule has 0 bridgehead atoms. The van der Waals surface area contributed by atoms with E-state index >= 15 is 0 Å². The number of anilines is 2. The van der Waals surface area contributed by atoms with E-state index in [0.717, 1.165) is 21.9 Å². The molecule has 3 aromatic carbocycles. The van der Waals surface area contributed by atoms with Crippen molar-refractivity contribution < 1.29 is 9.53 Å². The molecule has 178 valence electrons. The molecule has 8 heteroatoms. The molecule has 0 unspecified atom stereocenters. The van der Waals surface area contributed by atoms with Crippen molar-refractivity contribution in [1.29, 1.82) is 0 Å². The van der Waals surface area contributed by atoms with Crippen LogP contribution in [0.5, 0.6) is 11.6 Å². The molecule has 36 heavy (non-hydrogen) atoms. The Kier molecular flexibility index (Phi) is 6.66. The van der Waals surface area contributed by atoms with Crippen LogP contribution in [0, 0.1) is 0 Å². The molecular weight excluding hydrogens is 452 g/mol. The summed E-state index contributed by atoms with van der Waals surface area (Å²) in [4.78, 5) is 25.7. The summed E-state index contributed by atoms with van der Waals surface area (Å²) in [6, 6.07) is 26.4. The maximum Gasteiger partial charge on any atom is 0.319 e. The fraction of sp³-hybridized carbons (Fsp3) is 0.0714. The molecule has 0 saturated heterocycles. The van der Waals surface area contributed by atoms with Crippen LogP contribution in [-0.4, -0.2) is 28.0 Å². The van der Waals surface area contributed by atoms with E-state index in [2.05, 4.69) is 30.9 Å². The van der Waals surface area contributed by atoms with E-state index in [0.29, 0.717) is 35.5 Å². The normalized spacial score (nSPS) is 10.6. The first-order chi connectivity index (χ1) is 17.7. The van der Waals surface area contributed by atoms with Gasteiger partial charge in [0.25, 0.3) is 0 Å². The minimum absolute atomic E-state index is 0.284. The summed E-state index contributed by atoms with van der Waals surface area (Å²) in [5.41, 5.74) is 3.13. The molecule has 2 heterocycles. The minimum Gasteiger partial charge on any atom is -0.438 e. The second-order valence-electron chi connectivity index (χ2n) is 7.92. The lowest BCUT2D eigenvalue weighted by molar-refractivity contribution is 0.252. The number of aromatic nitrogens is 3. The highest BCUT2D eigenvalue weighted by atomic mass is 16.5. The quantitative estimate of drug-likeness (QED) is 0.273. The fourth-order valence-electron chi connectivity index (χ4n) is 3.81. The van der Waals surface area contributed by atoms with Gasteiger partial charge in [0.1, 0.15) is 5.75 Å². The van der Waals surface area contributed by atoms with Gasteiger partial charge in [-0.2, -0.15) is 0 Å². The van der Waals surface area contributed by atoms with Crippen LogP contribution in [0.1, 0.15) is 5.56 Å². The summed E-state index contributed by atoms with van der Waals surface area (Å²) in [5, 5.41) is 10.5. The molecule has 5 aromatic rings. The highest BCUT2D eigenvalue weighted by Crippen LogP contribution is 2.36. The zero-order chi connectivity index (χ0) is 24.7. The SMILES string of the molecule is CNc1nccc(-c2cccnc2Oc2ccc(NC(=O)NCc3ccccc3)c3ccccc23)n1. The molecule has 0 atom stereocenters. The third-order valence-electron chi connectivity index (χ3n) is 5.56. The zero-order valence-electron chi connectivity index (χ0n) is 19.6. The number of fused-ring (bicyclic) bond motifs is 1. The Bertz CT molecular complexity index is 1510. The van der Waals surface area contributed by atoms with Crippen molar-refractivity contribution in [2.75, 3.05) is 17.7 Å². The van der Waals surface area contributed by atoms with Crippen LogP contribution in [-0.2, 0) is 6.54 Å². The van der Waals surface area contributed by atoms with Gasteiger partial charge in [0.2, 0.25) is 11.8 Å². The number of rotatable bonds is 7. The standard InChI is InChI=1S/C28H24N6O2/c1-29-27-31-17-15-24(33-27)22-12-7-16-30-26(22)36-25-14-13-23(20-10-5-6-11-21(20)25)34-28(35)32-18-19-8-3-2-4-9-19/h2-17H,18H2,1H3,(H,29,31,33)(H2,32,34,35). The number of urea groups is 1. The lowest BCUT2D eigenvalue weighted by Crippen LogP contribution is -2.28. The van der Waals surface area contributed by atoms with Crippen molar-refractivity contribution in [1.82, 2.24) is 20.3 Å². The van der Waals surface area contributed by atoms with Gasteiger partial charge in [-0.15, -0.1) is 0 Å². The van der Waals surface area contributed by atoms with Crippen molar-refractivity contribution >= 4 is 28.4 Å². The third-order valence-corrected chi connectivity index (χ3v) is 5.56. The number of carbonyl (C=O) groups excluding carboxylic acids is 1. The van der Waals surface area contributed by atoms with Gasteiger partial charge in [-0.25, -0.2) is 19.7 Å². The number of benzene rings is 3. The molecule has 0 aliphatic carbocycles. The van der Waals surface area contributed by atoms with Crippen LogP contribution >= 0.6 is 0 Å². The second-order valence-corrected chi connectivity index (χ2v) is 7.92. The maximum atomic E-state index is 12.6. The van der Waals surface area contributed by atoms with Gasteiger partial charge >= 0.3 is 6.03 Å². The van der Waals surface area contributed by atoms with Crippen LogP contribution in [0.15, 0.2) is 97.3 Å². The molecule has 0 aliphatic heterocycles. The van der Waals surface area contributed by atoms with Crippen LogP contribution in [0.25, 0.3) is 22.0 Å². The van der Waals surface area contributed by atoms with Gasteiger partial charge in [-0.1, -0.05) is 54.6 Å². The number of nitrogens with zero attached hydrogens (tertiary/aromatic N) is 3. The summed E-state index contributed by atoms with van der Waals surface area (Å²) in [6.07, 6.45) is 3.36. The van der Waals surface area contributed by atoms with Gasteiger partial charge in [-0.05, 0) is 35.9 Å². The summed E-state index contributed by atoms with van der Waals surface area (Å²) in [6.45, 7) is 0.437. The number of hydrogen-bond donors (Lipinski definition) is 3. The maximum absolute atomic E-state index is 12.6. The Hall–Kier alpha value is -4.98. The highest BCUT2D eigenvalue weighted by Gasteiger charge is 2.14. The predicted octanol–water partition coefficient (Wildman–Crippen LogP) is 5.85. The number of hydrogen-bond acceptors (Lipinski definition) is 6. The van der Waals surface area contributed by atoms with E-state index in [1.807, 2.05) is 84.9 Å². The largest absolute Gasteiger partial charge is 0.438 e. The molecule has 0 spiro atoms. The van der Waals surface area contributed by atoms with Crippen molar-refractivity contribution in [2.45, 2.75) is 6.54 Å². The van der Waals surface area contributed by atoms with Crippen LogP contribution in [0.2, 0.25) is 0 Å². The number of amides is 2. The van der Waals surface area contributed by atoms with Gasteiger partial charge in [-0.3, -0.25) is 0 Å². The predicted molar refractivity (Wildman–Crippen MR) is 141 cm³/mol. The summed E-state index contributed by atoms with van der Waals surface area (Å²) in [7, 11) is 1.77. The first-order valence-corrected chi connectivity index (χ1v) is 11.5. The van der Waals surface area contributed by atoms with Crippen molar-refractivity contribution in [3.8, 4) is 22.9 Å². The van der Waals surface area contributed by atoms with Gasteiger partial charge in [0, 0.05) is 36.8 Å². The number of pyridine rings is 1. The lowest BCUT2D eigenvalue weighted by atomic mass is 10.1. The number of carbonyl (C=O) groups is 1. The number of ether oxygens (including phenoxy) is 1. The Morgan fingerprint density at radius 1 is 0.833 bits per heavy atom. The lowest BCUT2D eigenvalue weighted by Gasteiger charge is -2.15. The van der Waals surface area contributed by atoms with Crippen LogP contribution in [0.3, 0.4) is 0 Å². The van der Waals surface area contributed by atoms with Crippen LogP contribution in [0.4, 0.5) is 16.4 Å². The van der Waals surface area contributed by atoms with Crippen molar-refractivity contribution in [2.24, 2.45) is 0 Å².